The van der Waals surface area contributed by atoms with Gasteiger partial charge in [0, 0.05) is 25.7 Å². The lowest BCUT2D eigenvalue weighted by molar-refractivity contribution is 0.0261. The van der Waals surface area contributed by atoms with E-state index in [1.54, 1.807) is 11.1 Å². The summed E-state index contributed by atoms with van der Waals surface area (Å²) in [5.41, 5.74) is 8.59. The molecule has 0 radical (unpaired) electrons. The number of aryl methyl sites for hydroxylation is 2. The molecule has 2 nitrogen and oxygen atoms in total. The second-order valence-corrected chi connectivity index (χ2v) is 12.0. The summed E-state index contributed by atoms with van der Waals surface area (Å²) < 4.78 is 0. The lowest BCUT2D eigenvalue weighted by atomic mass is 9.49. The molecule has 5 rings (SSSR count). The van der Waals surface area contributed by atoms with Gasteiger partial charge in [0.25, 0.3) is 0 Å². The third kappa shape index (κ3) is 4.30. The molecule has 0 spiro atoms. The van der Waals surface area contributed by atoms with Crippen molar-refractivity contribution in [3.8, 4) is 0 Å². The van der Waals surface area contributed by atoms with Crippen molar-refractivity contribution in [2.24, 2.45) is 11.3 Å². The van der Waals surface area contributed by atoms with Crippen LogP contribution in [0.2, 0.25) is 0 Å². The van der Waals surface area contributed by atoms with E-state index in [4.69, 9.17) is 0 Å². The molecule has 4 atom stereocenters. The van der Waals surface area contributed by atoms with Crippen LogP contribution in [0.1, 0.15) is 99.6 Å². The molecular formula is C31H44N2. The summed E-state index contributed by atoms with van der Waals surface area (Å²) in [5, 5.41) is 7.70. The van der Waals surface area contributed by atoms with Gasteiger partial charge in [-0.2, -0.15) is 0 Å². The molecular weight excluding hydrogens is 400 g/mol. The van der Waals surface area contributed by atoms with E-state index in [1.807, 2.05) is 0 Å². The minimum atomic E-state index is 0.337. The predicted molar refractivity (Wildman–Crippen MR) is 140 cm³/mol. The average molecular weight is 445 g/mol. The Morgan fingerprint density at radius 3 is 2.61 bits per heavy atom. The molecule has 3 aliphatic rings. The highest BCUT2D eigenvalue weighted by molar-refractivity contribution is 5.42. The molecule has 1 unspecified atom stereocenters. The zero-order chi connectivity index (χ0) is 23.1. The summed E-state index contributed by atoms with van der Waals surface area (Å²) in [7, 11) is 0. The summed E-state index contributed by atoms with van der Waals surface area (Å²) >= 11 is 0. The molecule has 0 saturated heterocycles. The minimum Gasteiger partial charge on any atom is -0.315 e. The Bertz CT molecular complexity index is 979. The fraction of sp³-hybridized carbons (Fsp3) is 0.613. The SMILES string of the molecule is CC(C)c1ccc2c(c1)CC[C@H]1[C@](C)(CNCCNC3CCc4ccccc43)CCC[C@]21C. The highest BCUT2D eigenvalue weighted by Crippen LogP contribution is 2.57. The zero-order valence-corrected chi connectivity index (χ0v) is 21.3. The lowest BCUT2D eigenvalue weighted by Crippen LogP contribution is -2.53. The van der Waals surface area contributed by atoms with Gasteiger partial charge in [0.2, 0.25) is 0 Å². The third-order valence-electron chi connectivity index (χ3n) is 9.52. The Hall–Kier alpha value is -1.64. The van der Waals surface area contributed by atoms with Crippen molar-refractivity contribution in [1.82, 2.24) is 10.6 Å². The van der Waals surface area contributed by atoms with E-state index in [-0.39, 0.29) is 0 Å². The monoisotopic (exact) mass is 444 g/mol. The van der Waals surface area contributed by atoms with Gasteiger partial charge in [-0.25, -0.2) is 0 Å². The second kappa shape index (κ2) is 9.19. The molecule has 178 valence electrons. The van der Waals surface area contributed by atoms with Gasteiger partial charge in [-0.3, -0.25) is 0 Å². The van der Waals surface area contributed by atoms with Crippen molar-refractivity contribution in [3.63, 3.8) is 0 Å². The number of benzene rings is 2. The van der Waals surface area contributed by atoms with Crippen molar-refractivity contribution in [2.45, 2.75) is 90.0 Å². The Morgan fingerprint density at radius 1 is 0.939 bits per heavy atom. The van der Waals surface area contributed by atoms with Crippen LogP contribution < -0.4 is 10.6 Å². The van der Waals surface area contributed by atoms with Crippen molar-refractivity contribution >= 4 is 0 Å². The van der Waals surface area contributed by atoms with Gasteiger partial charge in [-0.15, -0.1) is 0 Å². The summed E-state index contributed by atoms with van der Waals surface area (Å²) in [6.45, 7) is 13.1. The predicted octanol–water partition coefficient (Wildman–Crippen LogP) is 6.69. The van der Waals surface area contributed by atoms with Gasteiger partial charge < -0.3 is 10.6 Å². The first-order valence-corrected chi connectivity index (χ1v) is 13.6. The van der Waals surface area contributed by atoms with Crippen LogP contribution >= 0.6 is 0 Å². The smallest absolute Gasteiger partial charge is 0.0326 e. The van der Waals surface area contributed by atoms with E-state index in [2.05, 4.69) is 80.8 Å². The molecule has 2 aromatic rings. The van der Waals surface area contributed by atoms with Gasteiger partial charge >= 0.3 is 0 Å². The molecule has 0 amide bonds. The summed E-state index contributed by atoms with van der Waals surface area (Å²) in [6, 6.07) is 16.9. The number of hydrogen-bond acceptors (Lipinski definition) is 2. The minimum absolute atomic E-state index is 0.337. The van der Waals surface area contributed by atoms with Crippen molar-refractivity contribution in [1.29, 1.82) is 0 Å². The first kappa shape index (κ1) is 23.1. The molecule has 2 heteroatoms. The summed E-state index contributed by atoms with van der Waals surface area (Å²) in [4.78, 5) is 0. The summed E-state index contributed by atoms with van der Waals surface area (Å²) in [5.74, 6) is 1.39. The molecule has 1 saturated carbocycles. The highest BCUT2D eigenvalue weighted by atomic mass is 15.0. The Labute approximate surface area is 202 Å². The summed E-state index contributed by atoms with van der Waals surface area (Å²) in [6.07, 6.45) is 9.14. The maximum absolute atomic E-state index is 3.88. The largest absolute Gasteiger partial charge is 0.315 e. The fourth-order valence-electron chi connectivity index (χ4n) is 7.69. The molecule has 3 aliphatic carbocycles. The van der Waals surface area contributed by atoms with Crippen LogP contribution in [0.25, 0.3) is 0 Å². The van der Waals surface area contributed by atoms with E-state index in [0.717, 1.165) is 25.6 Å². The van der Waals surface area contributed by atoms with Gasteiger partial charge in [-0.05, 0) is 89.0 Å². The maximum Gasteiger partial charge on any atom is 0.0326 e. The Balaban J connectivity index is 1.20. The van der Waals surface area contributed by atoms with Crippen LogP contribution in [0, 0.1) is 11.3 Å². The first-order valence-electron chi connectivity index (χ1n) is 13.6. The van der Waals surface area contributed by atoms with E-state index in [9.17, 15) is 0 Å². The molecule has 1 fully saturated rings. The number of hydrogen-bond donors (Lipinski definition) is 2. The third-order valence-corrected chi connectivity index (χ3v) is 9.52. The second-order valence-electron chi connectivity index (χ2n) is 12.0. The lowest BCUT2D eigenvalue weighted by Gasteiger charge is -2.55. The van der Waals surface area contributed by atoms with Crippen LogP contribution in [-0.4, -0.2) is 19.6 Å². The molecule has 0 heterocycles. The topological polar surface area (TPSA) is 24.1 Å². The van der Waals surface area contributed by atoms with Crippen LogP contribution in [0.5, 0.6) is 0 Å². The van der Waals surface area contributed by atoms with Gasteiger partial charge in [0.05, 0.1) is 0 Å². The standard InChI is InChI=1S/C31H44N2/c1-22(2)24-10-13-27-25(20-24)12-15-29-30(3,16-7-17-31(27,29)4)21-32-18-19-33-28-14-11-23-8-5-6-9-26(23)28/h5-6,8-10,13,20,22,28-29,32-33H,7,11-12,14-19,21H2,1-4H3/t28?,29-,30-,31+/m0/s1. The normalized spacial score (nSPS) is 30.7. The van der Waals surface area contributed by atoms with Gasteiger partial charge in [0.15, 0.2) is 0 Å². The molecule has 0 aliphatic heterocycles. The van der Waals surface area contributed by atoms with Crippen molar-refractivity contribution in [2.75, 3.05) is 19.6 Å². The molecule has 0 aromatic heterocycles. The number of nitrogens with one attached hydrogen (secondary N) is 2. The number of rotatable bonds is 7. The van der Waals surface area contributed by atoms with Crippen LogP contribution in [0.4, 0.5) is 0 Å². The van der Waals surface area contributed by atoms with Crippen molar-refractivity contribution in [3.05, 3.63) is 70.3 Å². The van der Waals surface area contributed by atoms with E-state index in [0.29, 0.717) is 22.8 Å². The fourth-order valence-corrected chi connectivity index (χ4v) is 7.69. The van der Waals surface area contributed by atoms with Gasteiger partial charge in [0.1, 0.15) is 0 Å². The van der Waals surface area contributed by atoms with Gasteiger partial charge in [-0.1, -0.05) is 76.6 Å². The van der Waals surface area contributed by atoms with Crippen LogP contribution in [0.15, 0.2) is 42.5 Å². The quantitative estimate of drug-likeness (QED) is 0.465. The maximum atomic E-state index is 3.88. The first-order chi connectivity index (χ1) is 15.9. The molecule has 33 heavy (non-hydrogen) atoms. The Kier molecular flexibility index (Phi) is 6.44. The van der Waals surface area contributed by atoms with E-state index >= 15 is 0 Å². The molecule has 0 bridgehead atoms. The Morgan fingerprint density at radius 2 is 1.76 bits per heavy atom. The zero-order valence-electron chi connectivity index (χ0n) is 21.3. The molecule has 2 aromatic carbocycles. The van der Waals surface area contributed by atoms with E-state index < -0.39 is 0 Å². The molecule has 2 N–H and O–H groups in total. The number of fused-ring (bicyclic) bond motifs is 4. The highest BCUT2D eigenvalue weighted by Gasteiger charge is 2.51. The van der Waals surface area contributed by atoms with Crippen LogP contribution in [-0.2, 0) is 18.3 Å². The average Bonchev–Trinajstić information content (AvgIpc) is 3.21. The van der Waals surface area contributed by atoms with Crippen LogP contribution in [0.3, 0.4) is 0 Å². The van der Waals surface area contributed by atoms with Crippen molar-refractivity contribution < 1.29 is 0 Å². The van der Waals surface area contributed by atoms with E-state index in [1.165, 1.54) is 61.6 Å².